The molecule has 2 aromatic carbocycles. The minimum Gasteiger partial charge on any atom is -0.369 e. The summed E-state index contributed by atoms with van der Waals surface area (Å²) in [5, 5.41) is 3.99. The van der Waals surface area contributed by atoms with Gasteiger partial charge in [-0.25, -0.2) is 9.97 Å². The number of aromatic nitrogens is 5. The summed E-state index contributed by atoms with van der Waals surface area (Å²) in [6.45, 7) is 0.695. The van der Waals surface area contributed by atoms with Gasteiger partial charge in [0.25, 0.3) is 0 Å². The summed E-state index contributed by atoms with van der Waals surface area (Å²) < 4.78 is 47.7. The van der Waals surface area contributed by atoms with Crippen LogP contribution in [0.4, 0.5) is 13.2 Å². The predicted octanol–water partition coefficient (Wildman–Crippen LogP) is 3.89. The monoisotopic (exact) mass is 387 g/mol. The molecule has 2 heterocycles. The van der Waals surface area contributed by atoms with Gasteiger partial charge < -0.3 is 4.74 Å². The Bertz CT molecular complexity index is 1120. The maximum atomic E-state index is 12.9. The third-order valence-electron chi connectivity index (χ3n) is 4.37. The number of rotatable bonds is 5. The number of nitrogens with zero attached hydrogens (tertiary/aromatic N) is 5. The Kier molecular flexibility index (Phi) is 4.60. The predicted molar refractivity (Wildman–Crippen MR) is 95.6 cm³/mol. The lowest BCUT2D eigenvalue weighted by Crippen LogP contribution is -2.04. The third kappa shape index (κ3) is 3.61. The lowest BCUT2D eigenvalue weighted by atomic mass is 10.1. The minimum absolute atomic E-state index is 0.291. The normalized spacial score (nSPS) is 12.0. The van der Waals surface area contributed by atoms with E-state index in [2.05, 4.69) is 15.1 Å². The molecule has 0 aliphatic heterocycles. The Hall–Kier alpha value is -3.20. The van der Waals surface area contributed by atoms with Crippen molar-refractivity contribution < 1.29 is 17.9 Å². The lowest BCUT2D eigenvalue weighted by molar-refractivity contribution is -0.137. The number of alkyl halides is 3. The smallest absolute Gasteiger partial charge is 0.369 e. The molecule has 2 aromatic heterocycles. The fraction of sp³-hybridized carbons (Fsp3) is 0.211. The molecule has 4 aromatic rings. The highest BCUT2D eigenvalue weighted by Crippen LogP contribution is 2.31. The average molecular weight is 387 g/mol. The molecule has 0 saturated heterocycles. The summed E-state index contributed by atoms with van der Waals surface area (Å²) >= 11 is 0. The van der Waals surface area contributed by atoms with E-state index in [0.29, 0.717) is 24.2 Å². The highest BCUT2D eigenvalue weighted by atomic mass is 19.4. The molecule has 144 valence electrons. The van der Waals surface area contributed by atoms with Crippen molar-refractivity contribution in [2.45, 2.75) is 19.4 Å². The molecule has 0 N–H and O–H groups in total. The van der Waals surface area contributed by atoms with Crippen molar-refractivity contribution in [1.82, 2.24) is 24.3 Å². The quantitative estimate of drug-likeness (QED) is 0.521. The molecule has 0 spiro atoms. The van der Waals surface area contributed by atoms with E-state index in [1.807, 2.05) is 24.3 Å². The molecule has 0 radical (unpaired) electrons. The first kappa shape index (κ1) is 18.2. The van der Waals surface area contributed by atoms with Gasteiger partial charge in [-0.2, -0.15) is 18.3 Å². The Balaban J connectivity index is 1.55. The van der Waals surface area contributed by atoms with Gasteiger partial charge in [-0.3, -0.25) is 9.25 Å². The number of fused-ring (bicyclic) bond motifs is 1. The Morgan fingerprint density at radius 2 is 1.89 bits per heavy atom. The highest BCUT2D eigenvalue weighted by Gasteiger charge is 2.30. The second-order valence-electron chi connectivity index (χ2n) is 6.28. The minimum atomic E-state index is -4.39. The summed E-state index contributed by atoms with van der Waals surface area (Å²) in [7, 11) is 1.79. The van der Waals surface area contributed by atoms with Crippen molar-refractivity contribution in [3.05, 3.63) is 72.1 Å². The van der Waals surface area contributed by atoms with Crippen molar-refractivity contribution in [2.75, 3.05) is 0 Å². The summed E-state index contributed by atoms with van der Waals surface area (Å²) in [5.74, 6) is 0.720. The first-order valence-electron chi connectivity index (χ1n) is 8.46. The van der Waals surface area contributed by atoms with Crippen molar-refractivity contribution in [2.24, 2.45) is 7.05 Å². The molecule has 6 nitrogen and oxygen atoms in total. The zero-order valence-corrected chi connectivity index (χ0v) is 14.9. The maximum absolute atomic E-state index is 12.9. The third-order valence-corrected chi connectivity index (χ3v) is 4.37. The van der Waals surface area contributed by atoms with Crippen LogP contribution in [0.5, 0.6) is 0 Å². The van der Waals surface area contributed by atoms with E-state index in [0.717, 1.165) is 29.2 Å². The van der Waals surface area contributed by atoms with Gasteiger partial charge in [-0.15, -0.1) is 0 Å². The van der Waals surface area contributed by atoms with Crippen LogP contribution in [0.15, 0.2) is 55.1 Å². The van der Waals surface area contributed by atoms with Gasteiger partial charge in [0.15, 0.2) is 5.82 Å². The first-order valence-corrected chi connectivity index (χ1v) is 8.46. The van der Waals surface area contributed by atoms with Gasteiger partial charge in [0.1, 0.15) is 19.3 Å². The molecule has 0 aliphatic carbocycles. The summed E-state index contributed by atoms with van der Waals surface area (Å²) in [5.41, 5.74) is 1.90. The maximum Gasteiger partial charge on any atom is 0.416 e. The number of ether oxygens (including phenoxy) is 1. The standard InChI is InChI=1S/C19H16F3N5O/c1-26-18(23-11-25-26)10-28-9-13-3-2-4-15(7-13)27-12-24-16-8-14(19(20,21)22)5-6-17(16)27/h2-8,11-12H,9-10H2,1H3. The molecular weight excluding hydrogens is 371 g/mol. The van der Waals surface area contributed by atoms with E-state index in [1.54, 1.807) is 16.3 Å². The SMILES string of the molecule is Cn1ncnc1COCc1cccc(-n2cnc3cc(C(F)(F)F)ccc32)c1. The van der Waals surface area contributed by atoms with E-state index in [1.165, 1.54) is 18.7 Å². The number of hydrogen-bond acceptors (Lipinski definition) is 4. The first-order chi connectivity index (χ1) is 13.4. The molecule has 4 rings (SSSR count). The number of halogens is 3. The van der Waals surface area contributed by atoms with Crippen molar-refractivity contribution in [3.8, 4) is 5.69 Å². The van der Waals surface area contributed by atoms with Crippen LogP contribution < -0.4 is 0 Å². The summed E-state index contributed by atoms with van der Waals surface area (Å²) in [6, 6.07) is 11.1. The highest BCUT2D eigenvalue weighted by molar-refractivity contribution is 5.78. The number of benzene rings is 2. The molecule has 0 saturated carbocycles. The fourth-order valence-corrected chi connectivity index (χ4v) is 2.90. The Morgan fingerprint density at radius 3 is 2.64 bits per heavy atom. The van der Waals surface area contributed by atoms with Gasteiger partial charge in [-0.1, -0.05) is 12.1 Å². The molecule has 0 aliphatic rings. The molecule has 0 amide bonds. The summed E-state index contributed by atoms with van der Waals surface area (Å²) in [6.07, 6.45) is -1.41. The number of aryl methyl sites for hydroxylation is 1. The molecule has 9 heteroatoms. The molecule has 28 heavy (non-hydrogen) atoms. The molecule has 0 unspecified atom stereocenters. The van der Waals surface area contributed by atoms with Gasteiger partial charge >= 0.3 is 6.18 Å². The van der Waals surface area contributed by atoms with Crippen molar-refractivity contribution in [1.29, 1.82) is 0 Å². The van der Waals surface area contributed by atoms with Gasteiger partial charge in [0.2, 0.25) is 0 Å². The summed E-state index contributed by atoms with van der Waals surface area (Å²) in [4.78, 5) is 8.22. The van der Waals surface area contributed by atoms with Crippen LogP contribution in [-0.4, -0.2) is 24.3 Å². The van der Waals surface area contributed by atoms with Crippen LogP contribution >= 0.6 is 0 Å². The van der Waals surface area contributed by atoms with E-state index < -0.39 is 11.7 Å². The molecular formula is C19H16F3N5O. The van der Waals surface area contributed by atoms with Crippen molar-refractivity contribution >= 4 is 11.0 Å². The Labute approximate surface area is 158 Å². The van der Waals surface area contributed by atoms with Crippen LogP contribution in [-0.2, 0) is 31.2 Å². The van der Waals surface area contributed by atoms with Gasteiger partial charge in [0, 0.05) is 12.7 Å². The van der Waals surface area contributed by atoms with Crippen LogP contribution in [0.2, 0.25) is 0 Å². The van der Waals surface area contributed by atoms with Crippen LogP contribution in [0.1, 0.15) is 17.0 Å². The van der Waals surface area contributed by atoms with Gasteiger partial charge in [-0.05, 0) is 35.9 Å². The van der Waals surface area contributed by atoms with E-state index in [9.17, 15) is 13.2 Å². The lowest BCUT2D eigenvalue weighted by Gasteiger charge is -2.09. The van der Waals surface area contributed by atoms with Crippen molar-refractivity contribution in [3.63, 3.8) is 0 Å². The molecule has 0 bridgehead atoms. The van der Waals surface area contributed by atoms with Crippen LogP contribution in [0, 0.1) is 0 Å². The number of hydrogen-bond donors (Lipinski definition) is 0. The molecule has 0 fully saturated rings. The van der Waals surface area contributed by atoms with Gasteiger partial charge in [0.05, 0.1) is 23.2 Å². The zero-order valence-electron chi connectivity index (χ0n) is 14.9. The van der Waals surface area contributed by atoms with E-state index >= 15 is 0 Å². The average Bonchev–Trinajstić information content (AvgIpc) is 3.27. The second kappa shape index (κ2) is 7.08. The van der Waals surface area contributed by atoms with E-state index in [4.69, 9.17) is 4.74 Å². The fourth-order valence-electron chi connectivity index (χ4n) is 2.90. The molecule has 0 atom stereocenters. The zero-order chi connectivity index (χ0) is 19.7. The Morgan fingerprint density at radius 1 is 1.04 bits per heavy atom. The van der Waals surface area contributed by atoms with Crippen LogP contribution in [0.3, 0.4) is 0 Å². The van der Waals surface area contributed by atoms with Crippen LogP contribution in [0.25, 0.3) is 16.7 Å². The number of imidazole rings is 1. The largest absolute Gasteiger partial charge is 0.416 e. The second-order valence-corrected chi connectivity index (χ2v) is 6.28. The topological polar surface area (TPSA) is 57.8 Å². The van der Waals surface area contributed by atoms with E-state index in [-0.39, 0.29) is 0 Å².